The standard InChI is InChI=1S/C9H12N4O3S2/c1-3-16-8(15)7(6(2)14)18-9(17)12-13-4-10-11-5-13/h4-5,7H,3H2,1-2H3,(H,12,17). The van der Waals surface area contributed by atoms with Gasteiger partial charge in [-0.05, 0) is 13.8 Å². The van der Waals surface area contributed by atoms with Crippen molar-refractivity contribution in [2.75, 3.05) is 12.0 Å². The van der Waals surface area contributed by atoms with Crippen LogP contribution in [0.15, 0.2) is 12.7 Å². The maximum atomic E-state index is 11.5. The zero-order valence-electron chi connectivity index (χ0n) is 9.82. The number of esters is 1. The predicted octanol–water partition coefficient (Wildman–Crippen LogP) is 0.360. The number of thioether (sulfide) groups is 1. The summed E-state index contributed by atoms with van der Waals surface area (Å²) in [7, 11) is 0. The Morgan fingerprint density at radius 3 is 2.61 bits per heavy atom. The first-order valence-electron chi connectivity index (χ1n) is 5.04. The molecule has 18 heavy (non-hydrogen) atoms. The number of ketones is 1. The highest BCUT2D eigenvalue weighted by atomic mass is 32.2. The molecule has 0 saturated heterocycles. The molecule has 1 heterocycles. The summed E-state index contributed by atoms with van der Waals surface area (Å²) in [6.45, 7) is 3.21. The Hall–Kier alpha value is -1.48. The number of hydrogen-bond donors (Lipinski definition) is 1. The Balaban J connectivity index is 2.58. The van der Waals surface area contributed by atoms with E-state index in [0.29, 0.717) is 0 Å². The summed E-state index contributed by atoms with van der Waals surface area (Å²) in [6.07, 6.45) is 2.81. The summed E-state index contributed by atoms with van der Waals surface area (Å²) in [5.74, 6) is -0.908. The van der Waals surface area contributed by atoms with E-state index < -0.39 is 11.2 Å². The molecule has 0 aliphatic rings. The van der Waals surface area contributed by atoms with E-state index in [2.05, 4.69) is 15.6 Å². The Labute approximate surface area is 113 Å². The van der Waals surface area contributed by atoms with Crippen molar-refractivity contribution < 1.29 is 14.3 Å². The molecule has 0 bridgehead atoms. The number of nitrogens with zero attached hydrogens (tertiary/aromatic N) is 3. The Kier molecular flexibility index (Phi) is 5.72. The number of Topliss-reactive ketones (excluding diaryl/α,β-unsaturated/α-hetero) is 1. The van der Waals surface area contributed by atoms with E-state index in [-0.39, 0.29) is 16.7 Å². The number of carbonyl (C=O) groups is 2. The van der Waals surface area contributed by atoms with Gasteiger partial charge in [-0.1, -0.05) is 24.0 Å². The molecule has 98 valence electrons. The summed E-state index contributed by atoms with van der Waals surface area (Å²) >= 11 is 5.94. The number of rotatable bonds is 5. The highest BCUT2D eigenvalue weighted by Gasteiger charge is 2.27. The molecule has 1 atom stereocenters. The van der Waals surface area contributed by atoms with Crippen molar-refractivity contribution in [3.8, 4) is 0 Å². The lowest BCUT2D eigenvalue weighted by Crippen LogP contribution is -2.30. The molecule has 0 radical (unpaired) electrons. The second-order valence-corrected chi connectivity index (χ2v) is 4.91. The molecular formula is C9H12N4O3S2. The average Bonchev–Trinajstić information content (AvgIpc) is 2.78. The average molecular weight is 288 g/mol. The number of nitrogens with one attached hydrogen (secondary N) is 1. The second kappa shape index (κ2) is 7.07. The summed E-state index contributed by atoms with van der Waals surface area (Å²) in [6, 6.07) is 0. The Morgan fingerprint density at radius 1 is 1.50 bits per heavy atom. The number of ether oxygens (including phenoxy) is 1. The summed E-state index contributed by atoms with van der Waals surface area (Å²) in [4.78, 5) is 22.9. The third-order valence-electron chi connectivity index (χ3n) is 1.73. The van der Waals surface area contributed by atoms with Gasteiger partial charge in [0.1, 0.15) is 12.7 Å². The number of thiocarbonyl (C=S) groups is 1. The first kappa shape index (κ1) is 14.6. The minimum atomic E-state index is -0.957. The fourth-order valence-electron chi connectivity index (χ4n) is 1.01. The van der Waals surface area contributed by atoms with Gasteiger partial charge in [0.15, 0.2) is 15.4 Å². The van der Waals surface area contributed by atoms with E-state index >= 15 is 0 Å². The van der Waals surface area contributed by atoms with Gasteiger partial charge in [-0.2, -0.15) is 0 Å². The molecule has 9 heteroatoms. The van der Waals surface area contributed by atoms with Gasteiger partial charge in [-0.15, -0.1) is 10.2 Å². The molecule has 1 rings (SSSR count). The molecule has 1 aromatic heterocycles. The zero-order valence-corrected chi connectivity index (χ0v) is 11.5. The lowest BCUT2D eigenvalue weighted by atomic mass is 10.3. The van der Waals surface area contributed by atoms with Crippen LogP contribution >= 0.6 is 24.0 Å². The van der Waals surface area contributed by atoms with Gasteiger partial charge in [0.25, 0.3) is 0 Å². The van der Waals surface area contributed by atoms with Crippen LogP contribution in [0.25, 0.3) is 0 Å². The van der Waals surface area contributed by atoms with Gasteiger partial charge in [-0.3, -0.25) is 15.0 Å². The maximum absolute atomic E-state index is 11.5. The molecule has 0 spiro atoms. The van der Waals surface area contributed by atoms with E-state index in [0.717, 1.165) is 11.8 Å². The van der Waals surface area contributed by atoms with Gasteiger partial charge in [0.2, 0.25) is 0 Å². The molecule has 0 fully saturated rings. The first-order chi connectivity index (χ1) is 8.54. The van der Waals surface area contributed by atoms with Crippen molar-refractivity contribution in [3.63, 3.8) is 0 Å². The smallest absolute Gasteiger partial charge is 0.327 e. The molecule has 0 amide bonds. The molecule has 0 aliphatic carbocycles. The third kappa shape index (κ3) is 4.41. The maximum Gasteiger partial charge on any atom is 0.327 e. The van der Waals surface area contributed by atoms with Crippen LogP contribution in [-0.4, -0.2) is 42.8 Å². The number of hydrogen-bond acceptors (Lipinski definition) is 7. The predicted molar refractivity (Wildman–Crippen MR) is 70.7 cm³/mol. The van der Waals surface area contributed by atoms with Crippen molar-refractivity contribution >= 4 is 40.1 Å². The monoisotopic (exact) mass is 288 g/mol. The molecule has 1 N–H and O–H groups in total. The van der Waals surface area contributed by atoms with Crippen LogP contribution in [0.1, 0.15) is 13.8 Å². The molecule has 1 aromatic rings. The van der Waals surface area contributed by atoms with E-state index in [1.807, 2.05) is 0 Å². The van der Waals surface area contributed by atoms with Crippen LogP contribution in [0, 0.1) is 0 Å². The number of carbonyl (C=O) groups excluding carboxylic acids is 2. The van der Waals surface area contributed by atoms with Crippen LogP contribution < -0.4 is 5.43 Å². The van der Waals surface area contributed by atoms with Gasteiger partial charge in [0.05, 0.1) is 6.61 Å². The summed E-state index contributed by atoms with van der Waals surface area (Å²) < 4.78 is 6.47. The minimum absolute atomic E-state index is 0.217. The molecule has 0 aromatic carbocycles. The van der Waals surface area contributed by atoms with E-state index in [1.165, 1.54) is 24.3 Å². The van der Waals surface area contributed by atoms with Crippen molar-refractivity contribution in [1.82, 2.24) is 14.9 Å². The summed E-state index contributed by atoms with van der Waals surface area (Å²) in [5.41, 5.74) is 2.73. The minimum Gasteiger partial charge on any atom is -0.465 e. The molecule has 1 unspecified atom stereocenters. The Bertz CT molecular complexity index is 435. The van der Waals surface area contributed by atoms with Crippen LogP contribution in [-0.2, 0) is 14.3 Å². The van der Waals surface area contributed by atoms with Crippen LogP contribution in [0.5, 0.6) is 0 Å². The first-order valence-corrected chi connectivity index (χ1v) is 6.32. The lowest BCUT2D eigenvalue weighted by Gasteiger charge is -2.13. The molecule has 7 nitrogen and oxygen atoms in total. The van der Waals surface area contributed by atoms with Crippen molar-refractivity contribution in [2.45, 2.75) is 19.1 Å². The van der Waals surface area contributed by atoms with Crippen LogP contribution in [0.3, 0.4) is 0 Å². The summed E-state index contributed by atoms with van der Waals surface area (Å²) in [5, 5.41) is 6.20. The normalized spacial score (nSPS) is 11.7. The third-order valence-corrected chi connectivity index (χ3v) is 3.18. The van der Waals surface area contributed by atoms with Gasteiger partial charge in [0, 0.05) is 0 Å². The van der Waals surface area contributed by atoms with Crippen molar-refractivity contribution in [3.05, 3.63) is 12.7 Å². The van der Waals surface area contributed by atoms with Crippen LogP contribution in [0.2, 0.25) is 0 Å². The highest BCUT2D eigenvalue weighted by molar-refractivity contribution is 8.24. The fourth-order valence-corrected chi connectivity index (χ4v) is 2.11. The fraction of sp³-hybridized carbons (Fsp3) is 0.444. The van der Waals surface area contributed by atoms with E-state index in [4.69, 9.17) is 17.0 Å². The second-order valence-electron chi connectivity index (χ2n) is 3.13. The highest BCUT2D eigenvalue weighted by Crippen LogP contribution is 2.15. The topological polar surface area (TPSA) is 86.1 Å². The lowest BCUT2D eigenvalue weighted by molar-refractivity contribution is -0.144. The largest absolute Gasteiger partial charge is 0.465 e. The quantitative estimate of drug-likeness (QED) is 0.472. The molecular weight excluding hydrogens is 276 g/mol. The van der Waals surface area contributed by atoms with Gasteiger partial charge in [-0.25, -0.2) is 4.68 Å². The van der Waals surface area contributed by atoms with Crippen molar-refractivity contribution in [1.29, 1.82) is 0 Å². The SMILES string of the molecule is CCOC(=O)C(SC(=S)Nn1cnnc1)C(C)=O. The molecule has 0 saturated carbocycles. The van der Waals surface area contributed by atoms with Crippen LogP contribution in [0.4, 0.5) is 0 Å². The zero-order chi connectivity index (χ0) is 13.5. The van der Waals surface area contributed by atoms with Gasteiger partial charge < -0.3 is 4.74 Å². The van der Waals surface area contributed by atoms with E-state index in [9.17, 15) is 9.59 Å². The number of aromatic nitrogens is 3. The molecule has 0 aliphatic heterocycles. The Morgan fingerprint density at radius 2 is 2.11 bits per heavy atom. The van der Waals surface area contributed by atoms with Crippen molar-refractivity contribution in [2.24, 2.45) is 0 Å². The van der Waals surface area contributed by atoms with E-state index in [1.54, 1.807) is 6.92 Å². The van der Waals surface area contributed by atoms with Gasteiger partial charge >= 0.3 is 5.97 Å².